The van der Waals surface area contributed by atoms with Crippen molar-refractivity contribution in [2.45, 2.75) is 46.6 Å². The fraction of sp³-hybridized carbons (Fsp3) is 0.909. The summed E-state index contributed by atoms with van der Waals surface area (Å²) in [7, 11) is 0. The molecule has 84 valence electrons. The smallest absolute Gasteiger partial charge is 0.236 e. The lowest BCUT2D eigenvalue weighted by molar-refractivity contribution is -0.132. The number of hydrogen-bond donors (Lipinski definition) is 1. The van der Waals surface area contributed by atoms with Crippen LogP contribution in [-0.4, -0.2) is 29.9 Å². The summed E-state index contributed by atoms with van der Waals surface area (Å²) in [4.78, 5) is 13.5. The summed E-state index contributed by atoms with van der Waals surface area (Å²) in [6.45, 7) is 9.43. The van der Waals surface area contributed by atoms with E-state index in [0.29, 0.717) is 12.0 Å². The lowest BCUT2D eigenvalue weighted by Gasteiger charge is -2.31. The molecule has 1 amide bonds. The van der Waals surface area contributed by atoms with E-state index in [9.17, 15) is 4.79 Å². The van der Waals surface area contributed by atoms with E-state index in [4.69, 9.17) is 5.73 Å². The molecule has 0 aliphatic heterocycles. The van der Waals surface area contributed by atoms with Crippen LogP contribution in [0.3, 0.4) is 0 Å². The first-order chi connectivity index (χ1) is 6.56. The first-order valence-corrected chi connectivity index (χ1v) is 5.56. The predicted octanol–water partition coefficient (Wildman–Crippen LogP) is 1.62. The molecule has 0 fully saturated rings. The molecule has 2 N–H and O–H groups in total. The molecular weight excluding hydrogens is 176 g/mol. The molecule has 0 bridgehead atoms. The molecule has 3 heteroatoms. The highest BCUT2D eigenvalue weighted by Crippen LogP contribution is 2.11. The van der Waals surface area contributed by atoms with Gasteiger partial charge in [0, 0.05) is 12.6 Å². The van der Waals surface area contributed by atoms with Crippen molar-refractivity contribution in [2.75, 3.05) is 13.1 Å². The van der Waals surface area contributed by atoms with Crippen molar-refractivity contribution >= 4 is 5.91 Å². The van der Waals surface area contributed by atoms with Gasteiger partial charge in [-0.25, -0.2) is 0 Å². The highest BCUT2D eigenvalue weighted by molar-refractivity contribution is 5.78. The molecule has 0 unspecified atom stereocenters. The van der Waals surface area contributed by atoms with E-state index >= 15 is 0 Å². The van der Waals surface area contributed by atoms with Crippen molar-refractivity contribution in [3.8, 4) is 0 Å². The number of carbonyl (C=O) groups is 1. The second-order valence-corrected chi connectivity index (χ2v) is 4.11. The van der Waals surface area contributed by atoms with Crippen LogP contribution in [0.2, 0.25) is 0 Å². The summed E-state index contributed by atoms with van der Waals surface area (Å²) in [5.41, 5.74) is 5.40. The van der Waals surface area contributed by atoms with Gasteiger partial charge in [-0.15, -0.1) is 0 Å². The van der Waals surface area contributed by atoms with E-state index in [1.165, 1.54) is 0 Å². The summed E-state index contributed by atoms with van der Waals surface area (Å²) in [5, 5.41) is 0. The van der Waals surface area contributed by atoms with Gasteiger partial charge < -0.3 is 10.6 Å². The molecule has 0 radical (unpaired) electrons. The third kappa shape index (κ3) is 4.09. The first-order valence-electron chi connectivity index (χ1n) is 5.56. The molecule has 3 nitrogen and oxygen atoms in total. The van der Waals surface area contributed by atoms with Gasteiger partial charge in [-0.2, -0.15) is 0 Å². The summed E-state index contributed by atoms with van der Waals surface area (Å²) < 4.78 is 0. The van der Waals surface area contributed by atoms with Crippen molar-refractivity contribution in [2.24, 2.45) is 11.7 Å². The van der Waals surface area contributed by atoms with Crippen LogP contribution in [0.4, 0.5) is 0 Å². The van der Waals surface area contributed by atoms with Gasteiger partial charge in [-0.05, 0) is 18.8 Å². The third-order valence-corrected chi connectivity index (χ3v) is 2.44. The molecule has 0 aliphatic carbocycles. The Bertz CT molecular complexity index is 165. The van der Waals surface area contributed by atoms with E-state index in [1.807, 2.05) is 4.90 Å². The zero-order valence-corrected chi connectivity index (χ0v) is 9.92. The molecule has 0 aromatic carbocycles. The highest BCUT2D eigenvalue weighted by atomic mass is 16.2. The quantitative estimate of drug-likeness (QED) is 0.708. The minimum absolute atomic E-state index is 0.0763. The Morgan fingerprint density at radius 2 is 1.79 bits per heavy atom. The molecular formula is C11H24N2O. The van der Waals surface area contributed by atoms with Gasteiger partial charge in [-0.1, -0.05) is 27.7 Å². The molecule has 0 saturated heterocycles. The van der Waals surface area contributed by atoms with Crippen molar-refractivity contribution in [1.82, 2.24) is 4.90 Å². The van der Waals surface area contributed by atoms with Gasteiger partial charge >= 0.3 is 0 Å². The predicted molar refractivity (Wildman–Crippen MR) is 60.0 cm³/mol. The van der Waals surface area contributed by atoms with Crippen LogP contribution in [0.15, 0.2) is 0 Å². The largest absolute Gasteiger partial charge is 0.338 e. The van der Waals surface area contributed by atoms with Gasteiger partial charge in [-0.3, -0.25) is 4.79 Å². The average Bonchev–Trinajstić information content (AvgIpc) is 2.16. The summed E-state index contributed by atoms with van der Waals surface area (Å²) in [6.07, 6.45) is 2.02. The number of nitrogens with two attached hydrogens (primary N) is 1. The number of rotatable bonds is 6. The lowest BCUT2D eigenvalue weighted by atomic mass is 10.1. The molecule has 0 heterocycles. The SMILES string of the molecule is CCC(CC)N(CC(C)C)C(=O)CN. The number of carbonyl (C=O) groups excluding carboxylic acids is 1. The van der Waals surface area contributed by atoms with Gasteiger partial charge in [0.1, 0.15) is 0 Å². The van der Waals surface area contributed by atoms with E-state index in [0.717, 1.165) is 19.4 Å². The average molecular weight is 200 g/mol. The van der Waals surface area contributed by atoms with Crippen molar-refractivity contribution in [1.29, 1.82) is 0 Å². The van der Waals surface area contributed by atoms with E-state index in [1.54, 1.807) is 0 Å². The monoisotopic (exact) mass is 200 g/mol. The zero-order valence-electron chi connectivity index (χ0n) is 9.92. The highest BCUT2D eigenvalue weighted by Gasteiger charge is 2.20. The normalized spacial score (nSPS) is 11.1. The summed E-state index contributed by atoms with van der Waals surface area (Å²) in [5.74, 6) is 0.582. The van der Waals surface area contributed by atoms with Crippen LogP contribution in [0, 0.1) is 5.92 Å². The Morgan fingerprint density at radius 1 is 1.29 bits per heavy atom. The topological polar surface area (TPSA) is 46.3 Å². The fourth-order valence-corrected chi connectivity index (χ4v) is 1.69. The summed E-state index contributed by atoms with van der Waals surface area (Å²) in [6, 6.07) is 0.355. The number of nitrogens with zero attached hydrogens (tertiary/aromatic N) is 1. The van der Waals surface area contributed by atoms with Crippen LogP contribution < -0.4 is 5.73 Å². The van der Waals surface area contributed by atoms with E-state index in [2.05, 4.69) is 27.7 Å². The Balaban J connectivity index is 4.43. The van der Waals surface area contributed by atoms with Crippen molar-refractivity contribution in [3.05, 3.63) is 0 Å². The van der Waals surface area contributed by atoms with Crippen LogP contribution >= 0.6 is 0 Å². The van der Waals surface area contributed by atoms with Crippen LogP contribution in [0.25, 0.3) is 0 Å². The van der Waals surface area contributed by atoms with Crippen molar-refractivity contribution in [3.63, 3.8) is 0 Å². The van der Waals surface area contributed by atoms with Crippen LogP contribution in [0.5, 0.6) is 0 Å². The molecule has 0 aromatic rings. The minimum Gasteiger partial charge on any atom is -0.338 e. The third-order valence-electron chi connectivity index (χ3n) is 2.44. The van der Waals surface area contributed by atoms with Crippen LogP contribution in [0.1, 0.15) is 40.5 Å². The zero-order chi connectivity index (χ0) is 11.1. The molecule has 0 saturated carbocycles. The Hall–Kier alpha value is -0.570. The second kappa shape index (κ2) is 6.82. The van der Waals surface area contributed by atoms with E-state index in [-0.39, 0.29) is 12.5 Å². The number of hydrogen-bond acceptors (Lipinski definition) is 2. The summed E-state index contributed by atoms with van der Waals surface area (Å²) >= 11 is 0. The van der Waals surface area contributed by atoms with Gasteiger partial charge in [0.15, 0.2) is 0 Å². The van der Waals surface area contributed by atoms with Crippen molar-refractivity contribution < 1.29 is 4.79 Å². The molecule has 0 aromatic heterocycles. The maximum absolute atomic E-state index is 11.6. The molecule has 14 heavy (non-hydrogen) atoms. The van der Waals surface area contributed by atoms with Gasteiger partial charge in [0.2, 0.25) is 5.91 Å². The van der Waals surface area contributed by atoms with Gasteiger partial charge in [0.05, 0.1) is 6.54 Å². The van der Waals surface area contributed by atoms with Gasteiger partial charge in [0.25, 0.3) is 0 Å². The number of amides is 1. The molecule has 0 spiro atoms. The lowest BCUT2D eigenvalue weighted by Crippen LogP contribution is -2.44. The van der Waals surface area contributed by atoms with E-state index < -0.39 is 0 Å². The Morgan fingerprint density at radius 3 is 2.07 bits per heavy atom. The van der Waals surface area contributed by atoms with Crippen LogP contribution in [-0.2, 0) is 4.79 Å². The minimum atomic E-state index is 0.0763. The fourth-order valence-electron chi connectivity index (χ4n) is 1.69. The standard InChI is InChI=1S/C11H24N2O/c1-5-10(6-2)13(8-9(3)4)11(14)7-12/h9-10H,5-8,12H2,1-4H3. The maximum atomic E-state index is 11.6. The second-order valence-electron chi connectivity index (χ2n) is 4.11. The molecule has 0 aliphatic rings. The maximum Gasteiger partial charge on any atom is 0.236 e. The molecule has 0 rings (SSSR count). The Labute approximate surface area is 87.6 Å². The molecule has 0 atom stereocenters. The first kappa shape index (κ1) is 13.4. The Kier molecular flexibility index (Phi) is 6.54.